The van der Waals surface area contributed by atoms with Crippen LogP contribution in [0.25, 0.3) is 10.9 Å². The summed E-state index contributed by atoms with van der Waals surface area (Å²) in [6, 6.07) is 13.9. The number of amides is 1. The van der Waals surface area contributed by atoms with E-state index < -0.39 is 0 Å². The fraction of sp³-hybridized carbons (Fsp3) is 0.318. The highest BCUT2D eigenvalue weighted by Gasteiger charge is 2.08. The van der Waals surface area contributed by atoms with Gasteiger partial charge in [0.1, 0.15) is 12.1 Å². The number of benzene rings is 2. The molecule has 0 spiro atoms. The van der Waals surface area contributed by atoms with Crippen molar-refractivity contribution in [2.24, 2.45) is 0 Å². The second-order valence-corrected chi connectivity index (χ2v) is 7.16. The topological polar surface area (TPSA) is 82.2 Å². The van der Waals surface area contributed by atoms with Crippen LogP contribution >= 0.6 is 0 Å². The van der Waals surface area contributed by atoms with E-state index in [2.05, 4.69) is 49.9 Å². The maximum absolute atomic E-state index is 12.2. The predicted octanol–water partition coefficient (Wildman–Crippen LogP) is 3.03. The van der Waals surface area contributed by atoms with Crippen molar-refractivity contribution in [2.45, 2.75) is 13.3 Å². The van der Waals surface area contributed by atoms with Gasteiger partial charge in [-0.15, -0.1) is 0 Å². The molecule has 0 aliphatic heterocycles. The smallest absolute Gasteiger partial charge is 0.238 e. The van der Waals surface area contributed by atoms with Gasteiger partial charge in [-0.25, -0.2) is 9.97 Å². The molecule has 7 nitrogen and oxygen atoms in total. The van der Waals surface area contributed by atoms with Crippen LogP contribution in [0.2, 0.25) is 0 Å². The van der Waals surface area contributed by atoms with Gasteiger partial charge in [0.05, 0.1) is 12.1 Å². The van der Waals surface area contributed by atoms with Gasteiger partial charge in [0.25, 0.3) is 0 Å². The van der Waals surface area contributed by atoms with Crippen LogP contribution in [0.5, 0.6) is 0 Å². The van der Waals surface area contributed by atoms with Crippen LogP contribution in [0.15, 0.2) is 48.8 Å². The lowest BCUT2D eigenvalue weighted by Crippen LogP contribution is -2.33. The average molecular weight is 393 g/mol. The van der Waals surface area contributed by atoms with Crippen molar-refractivity contribution in [3.8, 4) is 0 Å². The van der Waals surface area contributed by atoms with Crippen molar-refractivity contribution in [3.63, 3.8) is 0 Å². The van der Waals surface area contributed by atoms with E-state index in [-0.39, 0.29) is 12.5 Å². The van der Waals surface area contributed by atoms with E-state index in [4.69, 9.17) is 0 Å². The molecule has 3 N–H and O–H groups in total. The molecule has 0 saturated carbocycles. The predicted molar refractivity (Wildman–Crippen MR) is 119 cm³/mol. The van der Waals surface area contributed by atoms with Crippen LogP contribution in [-0.4, -0.2) is 54.5 Å². The third-order valence-electron chi connectivity index (χ3n) is 4.54. The summed E-state index contributed by atoms with van der Waals surface area (Å²) in [6.07, 6.45) is 2.51. The largest absolute Gasteiger partial charge is 0.340 e. The molecule has 7 heteroatoms. The second-order valence-electron chi connectivity index (χ2n) is 7.16. The number of nitrogens with one attached hydrogen (secondary N) is 3. The standard InChI is InChI=1S/C22H28N6O/c1-4-16-6-5-7-17(12-16)27-22-19-13-18(8-9-20(19)24-15-25-22)26-21(29)14-23-10-11-28(2)3/h5-9,12-13,15,23H,4,10-11,14H2,1-3H3,(H,26,29)(H,24,25,27). The van der Waals surface area contributed by atoms with E-state index in [1.54, 1.807) is 6.33 Å². The van der Waals surface area contributed by atoms with Crippen LogP contribution in [0.1, 0.15) is 12.5 Å². The lowest BCUT2D eigenvalue weighted by atomic mass is 10.1. The quantitative estimate of drug-likeness (QED) is 0.486. The summed E-state index contributed by atoms with van der Waals surface area (Å²) in [5, 5.41) is 10.3. The van der Waals surface area contributed by atoms with E-state index in [0.29, 0.717) is 5.82 Å². The second kappa shape index (κ2) is 9.95. The molecule has 3 rings (SSSR count). The van der Waals surface area contributed by atoms with Crippen molar-refractivity contribution in [1.82, 2.24) is 20.2 Å². The van der Waals surface area contributed by atoms with Crippen molar-refractivity contribution < 1.29 is 4.79 Å². The first-order valence-corrected chi connectivity index (χ1v) is 9.81. The Labute approximate surface area is 171 Å². The summed E-state index contributed by atoms with van der Waals surface area (Å²) in [5.41, 5.74) is 3.76. The SMILES string of the molecule is CCc1cccc(Nc2ncnc3ccc(NC(=O)CNCCN(C)C)cc23)c1. The highest BCUT2D eigenvalue weighted by molar-refractivity contribution is 5.97. The molecule has 0 fully saturated rings. The lowest BCUT2D eigenvalue weighted by Gasteiger charge is -2.12. The molecule has 0 radical (unpaired) electrons. The van der Waals surface area contributed by atoms with Gasteiger partial charge in [0.2, 0.25) is 5.91 Å². The molecule has 0 atom stereocenters. The van der Waals surface area contributed by atoms with Crippen LogP contribution < -0.4 is 16.0 Å². The molecule has 0 bridgehead atoms. The number of nitrogens with zero attached hydrogens (tertiary/aromatic N) is 3. The zero-order chi connectivity index (χ0) is 20.6. The highest BCUT2D eigenvalue weighted by Crippen LogP contribution is 2.26. The summed E-state index contributed by atoms with van der Waals surface area (Å²) in [4.78, 5) is 23.0. The van der Waals surface area contributed by atoms with E-state index in [9.17, 15) is 4.79 Å². The number of carbonyl (C=O) groups excluding carboxylic acids is 1. The molecular formula is C22H28N6O. The Hall–Kier alpha value is -3.03. The van der Waals surface area contributed by atoms with Crippen LogP contribution in [-0.2, 0) is 11.2 Å². The van der Waals surface area contributed by atoms with E-state index >= 15 is 0 Å². The molecule has 152 valence electrons. The van der Waals surface area contributed by atoms with Gasteiger partial charge in [-0.3, -0.25) is 4.79 Å². The molecule has 3 aromatic rings. The first-order chi connectivity index (χ1) is 14.0. The maximum atomic E-state index is 12.2. The van der Waals surface area contributed by atoms with Gasteiger partial charge in [-0.1, -0.05) is 19.1 Å². The fourth-order valence-corrected chi connectivity index (χ4v) is 2.95. The Morgan fingerprint density at radius 1 is 1.07 bits per heavy atom. The van der Waals surface area contributed by atoms with Crippen molar-refractivity contribution >= 4 is 34.0 Å². The number of anilines is 3. The van der Waals surface area contributed by atoms with Gasteiger partial charge in [0, 0.05) is 29.9 Å². The zero-order valence-electron chi connectivity index (χ0n) is 17.2. The number of rotatable bonds is 9. The maximum Gasteiger partial charge on any atom is 0.238 e. The Kier molecular flexibility index (Phi) is 7.10. The van der Waals surface area contributed by atoms with Crippen LogP contribution in [0, 0.1) is 0 Å². The van der Waals surface area contributed by atoms with Crippen molar-refractivity contribution in [1.29, 1.82) is 0 Å². The number of aryl methyl sites for hydroxylation is 1. The number of fused-ring (bicyclic) bond motifs is 1. The molecule has 1 aromatic heterocycles. The van der Waals surface area contributed by atoms with Crippen LogP contribution in [0.4, 0.5) is 17.2 Å². The Balaban J connectivity index is 1.73. The van der Waals surface area contributed by atoms with Gasteiger partial charge < -0.3 is 20.9 Å². The molecule has 2 aromatic carbocycles. The van der Waals surface area contributed by atoms with Crippen LogP contribution in [0.3, 0.4) is 0 Å². The molecule has 29 heavy (non-hydrogen) atoms. The third kappa shape index (κ3) is 5.97. The number of likely N-dealkylation sites (N-methyl/N-ethyl adjacent to an activating group) is 1. The Bertz CT molecular complexity index is 972. The first kappa shape index (κ1) is 20.7. The molecular weight excluding hydrogens is 364 g/mol. The monoisotopic (exact) mass is 392 g/mol. The van der Waals surface area contributed by atoms with E-state index in [1.165, 1.54) is 5.56 Å². The molecule has 0 aliphatic rings. The minimum absolute atomic E-state index is 0.0786. The number of hydrogen-bond donors (Lipinski definition) is 3. The molecule has 0 aliphatic carbocycles. The Morgan fingerprint density at radius 2 is 1.93 bits per heavy atom. The Morgan fingerprint density at radius 3 is 2.72 bits per heavy atom. The van der Waals surface area contributed by atoms with Gasteiger partial charge in [-0.05, 0) is 56.4 Å². The summed E-state index contributed by atoms with van der Waals surface area (Å²) in [7, 11) is 4.01. The zero-order valence-corrected chi connectivity index (χ0v) is 17.2. The molecule has 1 heterocycles. The normalized spacial score (nSPS) is 11.0. The highest BCUT2D eigenvalue weighted by atomic mass is 16.1. The number of aromatic nitrogens is 2. The van der Waals surface area contributed by atoms with E-state index in [1.807, 2.05) is 44.4 Å². The first-order valence-electron chi connectivity index (χ1n) is 9.81. The van der Waals surface area contributed by atoms with Gasteiger partial charge in [-0.2, -0.15) is 0 Å². The number of hydrogen-bond acceptors (Lipinski definition) is 6. The third-order valence-corrected chi connectivity index (χ3v) is 4.54. The van der Waals surface area contributed by atoms with Gasteiger partial charge in [0.15, 0.2) is 0 Å². The minimum atomic E-state index is -0.0786. The minimum Gasteiger partial charge on any atom is -0.340 e. The molecule has 0 saturated heterocycles. The summed E-state index contributed by atoms with van der Waals surface area (Å²) < 4.78 is 0. The average Bonchev–Trinajstić information content (AvgIpc) is 2.72. The van der Waals surface area contributed by atoms with Gasteiger partial charge >= 0.3 is 0 Å². The fourth-order valence-electron chi connectivity index (χ4n) is 2.95. The lowest BCUT2D eigenvalue weighted by molar-refractivity contribution is -0.115. The summed E-state index contributed by atoms with van der Waals surface area (Å²) >= 11 is 0. The summed E-state index contributed by atoms with van der Waals surface area (Å²) in [6.45, 7) is 4.04. The van der Waals surface area contributed by atoms with E-state index in [0.717, 1.165) is 41.8 Å². The molecule has 0 unspecified atom stereocenters. The van der Waals surface area contributed by atoms with Crippen molar-refractivity contribution in [2.75, 3.05) is 44.4 Å². The summed E-state index contributed by atoms with van der Waals surface area (Å²) in [5.74, 6) is 0.633. The number of carbonyl (C=O) groups is 1. The molecule has 1 amide bonds. The van der Waals surface area contributed by atoms with Crippen molar-refractivity contribution in [3.05, 3.63) is 54.4 Å².